The Bertz CT molecular complexity index is 1390. The first-order chi connectivity index (χ1) is 17.4. The number of esters is 1. The number of ether oxygens (including phenoxy) is 3. The van der Waals surface area contributed by atoms with E-state index in [0.29, 0.717) is 28.4 Å². The van der Waals surface area contributed by atoms with Gasteiger partial charge in [0.25, 0.3) is 5.91 Å². The van der Waals surface area contributed by atoms with Gasteiger partial charge in [-0.1, -0.05) is 24.3 Å². The van der Waals surface area contributed by atoms with Crippen LogP contribution in [-0.2, 0) is 4.74 Å². The second-order valence-electron chi connectivity index (χ2n) is 8.02. The number of carbonyl (C=O) groups is 2. The zero-order chi connectivity index (χ0) is 25.7. The molecule has 1 heterocycles. The van der Waals surface area contributed by atoms with E-state index in [1.807, 2.05) is 49.4 Å². The van der Waals surface area contributed by atoms with Gasteiger partial charge in [0, 0.05) is 22.9 Å². The van der Waals surface area contributed by atoms with Gasteiger partial charge < -0.3 is 19.5 Å². The number of anilines is 1. The molecule has 1 aromatic heterocycles. The number of aryl methyl sites for hydroxylation is 1. The summed E-state index contributed by atoms with van der Waals surface area (Å²) in [5, 5.41) is 7.44. The number of carbonyl (C=O) groups excluding carboxylic acids is 2. The Labute approximate surface area is 209 Å². The molecule has 0 aliphatic rings. The summed E-state index contributed by atoms with van der Waals surface area (Å²) >= 11 is 0. The average Bonchev–Trinajstić information content (AvgIpc) is 3.34. The minimum atomic E-state index is -0.499. The minimum Gasteiger partial charge on any atom is -0.497 e. The van der Waals surface area contributed by atoms with Crippen molar-refractivity contribution in [2.45, 2.75) is 13.8 Å². The summed E-state index contributed by atoms with van der Waals surface area (Å²) in [4.78, 5) is 25.4. The molecular weight excluding hydrogens is 458 g/mol. The van der Waals surface area contributed by atoms with Gasteiger partial charge in [0.15, 0.2) is 5.69 Å². The smallest absolute Gasteiger partial charge is 0.358 e. The van der Waals surface area contributed by atoms with Gasteiger partial charge in [-0.15, -0.1) is 0 Å². The number of methoxy groups -OCH3 is 2. The molecule has 4 rings (SSSR count). The van der Waals surface area contributed by atoms with Gasteiger partial charge in [-0.3, -0.25) is 4.79 Å². The highest BCUT2D eigenvalue weighted by atomic mass is 16.5. The van der Waals surface area contributed by atoms with E-state index in [2.05, 4.69) is 10.4 Å². The molecule has 3 aromatic carbocycles. The average molecular weight is 486 g/mol. The van der Waals surface area contributed by atoms with E-state index < -0.39 is 5.97 Å². The van der Waals surface area contributed by atoms with Crippen LogP contribution in [-0.4, -0.2) is 42.5 Å². The van der Waals surface area contributed by atoms with E-state index in [4.69, 9.17) is 14.2 Å². The molecule has 184 valence electrons. The molecule has 0 spiro atoms. The third kappa shape index (κ3) is 5.38. The van der Waals surface area contributed by atoms with E-state index in [1.165, 1.54) is 14.2 Å². The number of nitrogens with zero attached hydrogens (tertiary/aromatic N) is 2. The van der Waals surface area contributed by atoms with Gasteiger partial charge in [-0.2, -0.15) is 5.10 Å². The summed E-state index contributed by atoms with van der Waals surface area (Å²) in [7, 11) is 3.06. The number of hydrogen-bond acceptors (Lipinski definition) is 6. The molecule has 4 aromatic rings. The van der Waals surface area contributed by atoms with Crippen molar-refractivity contribution in [3.63, 3.8) is 0 Å². The summed E-state index contributed by atoms with van der Waals surface area (Å²) in [6, 6.07) is 21.8. The molecule has 0 aliphatic carbocycles. The molecule has 0 saturated carbocycles. The van der Waals surface area contributed by atoms with Crippen molar-refractivity contribution in [2.24, 2.45) is 0 Å². The monoisotopic (exact) mass is 485 g/mol. The Morgan fingerprint density at radius 3 is 2.31 bits per heavy atom. The van der Waals surface area contributed by atoms with Crippen molar-refractivity contribution >= 4 is 17.6 Å². The van der Waals surface area contributed by atoms with E-state index in [0.717, 1.165) is 16.8 Å². The van der Waals surface area contributed by atoms with Crippen molar-refractivity contribution in [3.05, 3.63) is 89.6 Å². The summed E-state index contributed by atoms with van der Waals surface area (Å²) in [6.45, 7) is 3.99. The maximum atomic E-state index is 13.0. The van der Waals surface area contributed by atoms with Crippen LogP contribution in [0.5, 0.6) is 11.5 Å². The molecule has 0 atom stereocenters. The zero-order valence-electron chi connectivity index (χ0n) is 20.6. The van der Waals surface area contributed by atoms with Crippen LogP contribution < -0.4 is 14.8 Å². The van der Waals surface area contributed by atoms with Crippen molar-refractivity contribution in [1.82, 2.24) is 9.78 Å². The Kier molecular flexibility index (Phi) is 7.34. The number of rotatable bonds is 8. The Morgan fingerprint density at radius 2 is 1.64 bits per heavy atom. The Morgan fingerprint density at radius 1 is 0.917 bits per heavy atom. The van der Waals surface area contributed by atoms with Crippen LogP contribution in [0.15, 0.2) is 72.8 Å². The van der Waals surface area contributed by atoms with Gasteiger partial charge in [0.05, 0.1) is 32.2 Å². The summed E-state index contributed by atoms with van der Waals surface area (Å²) in [5.41, 5.74) is 4.48. The van der Waals surface area contributed by atoms with Crippen LogP contribution in [0.1, 0.15) is 33.3 Å². The van der Waals surface area contributed by atoms with Crippen LogP contribution in [0.2, 0.25) is 0 Å². The SMILES string of the molecule is CCOC(=O)c1cc(-c2cccc(NC(=O)c3cc(OC)cc(OC)c3)c2)n(-c2cccc(C)c2)n1. The van der Waals surface area contributed by atoms with Crippen LogP contribution in [0.3, 0.4) is 0 Å². The third-order valence-corrected chi connectivity index (χ3v) is 5.47. The summed E-state index contributed by atoms with van der Waals surface area (Å²) in [5.74, 6) is 0.217. The molecule has 0 bridgehead atoms. The molecule has 8 heteroatoms. The first-order valence-electron chi connectivity index (χ1n) is 11.4. The fourth-order valence-electron chi connectivity index (χ4n) is 3.75. The fourth-order valence-corrected chi connectivity index (χ4v) is 3.75. The van der Waals surface area contributed by atoms with E-state index in [9.17, 15) is 9.59 Å². The normalized spacial score (nSPS) is 10.6. The first-order valence-corrected chi connectivity index (χ1v) is 11.4. The van der Waals surface area contributed by atoms with Crippen molar-refractivity contribution in [3.8, 4) is 28.4 Å². The highest BCUT2D eigenvalue weighted by Crippen LogP contribution is 2.28. The van der Waals surface area contributed by atoms with Gasteiger partial charge in [0.1, 0.15) is 11.5 Å². The van der Waals surface area contributed by atoms with E-state index >= 15 is 0 Å². The largest absolute Gasteiger partial charge is 0.497 e. The first kappa shape index (κ1) is 24.5. The molecule has 1 N–H and O–H groups in total. The quantitative estimate of drug-likeness (QED) is 0.341. The lowest BCUT2D eigenvalue weighted by Gasteiger charge is -2.11. The lowest BCUT2D eigenvalue weighted by molar-refractivity contribution is 0.0519. The maximum Gasteiger partial charge on any atom is 0.358 e. The van der Waals surface area contributed by atoms with Gasteiger partial charge in [-0.05, 0) is 61.9 Å². The van der Waals surface area contributed by atoms with Gasteiger partial charge in [-0.25, -0.2) is 9.48 Å². The number of amides is 1. The standard InChI is InChI=1S/C28H27N3O5/c1-5-36-28(33)25-17-26(31(30-25)22-11-6-8-18(2)12-22)19-9-7-10-21(13-19)29-27(32)20-14-23(34-3)16-24(15-20)35-4/h6-17H,5H2,1-4H3,(H,29,32). The molecule has 0 saturated heterocycles. The Balaban J connectivity index is 1.70. The Hall–Kier alpha value is -4.59. The van der Waals surface area contributed by atoms with Crippen molar-refractivity contribution in [1.29, 1.82) is 0 Å². The van der Waals surface area contributed by atoms with Crippen molar-refractivity contribution < 1.29 is 23.8 Å². The summed E-state index contributed by atoms with van der Waals surface area (Å²) in [6.07, 6.45) is 0. The number of benzene rings is 3. The second-order valence-corrected chi connectivity index (χ2v) is 8.02. The fraction of sp³-hybridized carbons (Fsp3) is 0.179. The lowest BCUT2D eigenvalue weighted by Crippen LogP contribution is -2.12. The van der Waals surface area contributed by atoms with E-state index in [1.54, 1.807) is 41.9 Å². The molecule has 36 heavy (non-hydrogen) atoms. The second kappa shape index (κ2) is 10.8. The van der Waals surface area contributed by atoms with Gasteiger partial charge in [0.2, 0.25) is 0 Å². The zero-order valence-corrected chi connectivity index (χ0v) is 20.6. The number of nitrogens with one attached hydrogen (secondary N) is 1. The molecule has 0 aliphatic heterocycles. The number of aromatic nitrogens is 2. The van der Waals surface area contributed by atoms with Crippen LogP contribution in [0.4, 0.5) is 5.69 Å². The lowest BCUT2D eigenvalue weighted by atomic mass is 10.1. The molecule has 0 fully saturated rings. The predicted molar refractivity (Wildman–Crippen MR) is 137 cm³/mol. The molecule has 0 radical (unpaired) electrons. The number of hydrogen-bond donors (Lipinski definition) is 1. The van der Waals surface area contributed by atoms with Crippen LogP contribution >= 0.6 is 0 Å². The van der Waals surface area contributed by atoms with E-state index in [-0.39, 0.29) is 18.2 Å². The van der Waals surface area contributed by atoms with Crippen LogP contribution in [0.25, 0.3) is 16.9 Å². The third-order valence-electron chi connectivity index (χ3n) is 5.47. The topological polar surface area (TPSA) is 91.7 Å². The molecule has 1 amide bonds. The minimum absolute atomic E-state index is 0.200. The highest BCUT2D eigenvalue weighted by molar-refractivity contribution is 6.05. The maximum absolute atomic E-state index is 13.0. The summed E-state index contributed by atoms with van der Waals surface area (Å²) < 4.78 is 17.4. The molecule has 8 nitrogen and oxygen atoms in total. The predicted octanol–water partition coefficient (Wildman–Crippen LogP) is 5.29. The molecule has 0 unspecified atom stereocenters. The van der Waals surface area contributed by atoms with Gasteiger partial charge >= 0.3 is 5.97 Å². The van der Waals surface area contributed by atoms with Crippen molar-refractivity contribution in [2.75, 3.05) is 26.1 Å². The van der Waals surface area contributed by atoms with Crippen LogP contribution in [0, 0.1) is 6.92 Å². The highest BCUT2D eigenvalue weighted by Gasteiger charge is 2.18. The molecular formula is C28H27N3O5.